The second kappa shape index (κ2) is 7.31. The van der Waals surface area contributed by atoms with Crippen LogP contribution in [0.3, 0.4) is 0 Å². The fourth-order valence-corrected chi connectivity index (χ4v) is 2.56. The fourth-order valence-electron chi connectivity index (χ4n) is 2.56. The van der Waals surface area contributed by atoms with Crippen molar-refractivity contribution in [3.05, 3.63) is 0 Å². The molecule has 0 spiro atoms. The quantitative estimate of drug-likeness (QED) is 0.859. The van der Waals surface area contributed by atoms with E-state index in [0.29, 0.717) is 19.6 Å². The van der Waals surface area contributed by atoms with Crippen LogP contribution in [0.4, 0.5) is 4.79 Å². The van der Waals surface area contributed by atoms with E-state index in [1.807, 2.05) is 34.6 Å². The molecule has 128 valence electrons. The number of ether oxygens (including phenoxy) is 1. The molecule has 6 nitrogen and oxygen atoms in total. The minimum Gasteiger partial charge on any atom is -0.444 e. The molecular weight excluding hydrogens is 282 g/mol. The third-order valence-corrected chi connectivity index (χ3v) is 3.69. The van der Waals surface area contributed by atoms with Crippen molar-refractivity contribution < 1.29 is 14.3 Å². The van der Waals surface area contributed by atoms with E-state index in [9.17, 15) is 9.59 Å². The zero-order valence-corrected chi connectivity index (χ0v) is 14.8. The van der Waals surface area contributed by atoms with Gasteiger partial charge in [-0.1, -0.05) is 0 Å². The molecule has 0 aromatic carbocycles. The fraction of sp³-hybridized carbons (Fsp3) is 0.875. The van der Waals surface area contributed by atoms with Gasteiger partial charge in [-0.25, -0.2) is 4.79 Å². The molecule has 2 amide bonds. The lowest BCUT2D eigenvalue weighted by atomic mass is 10.1. The second-order valence-electron chi connectivity index (χ2n) is 7.45. The van der Waals surface area contributed by atoms with Crippen LogP contribution < -0.4 is 5.73 Å². The van der Waals surface area contributed by atoms with Crippen LogP contribution in [0.25, 0.3) is 0 Å². The van der Waals surface area contributed by atoms with Crippen LogP contribution in [-0.2, 0) is 9.53 Å². The summed E-state index contributed by atoms with van der Waals surface area (Å²) >= 11 is 0. The van der Waals surface area contributed by atoms with Crippen LogP contribution in [-0.4, -0.2) is 59.1 Å². The van der Waals surface area contributed by atoms with Gasteiger partial charge in [0.25, 0.3) is 0 Å². The van der Waals surface area contributed by atoms with Crippen LogP contribution in [0, 0.1) is 5.92 Å². The van der Waals surface area contributed by atoms with E-state index in [1.165, 1.54) is 0 Å². The number of nitrogens with zero attached hydrogens (tertiary/aromatic N) is 2. The third kappa shape index (κ3) is 5.48. The number of likely N-dealkylation sites (tertiary alicyclic amines) is 1. The van der Waals surface area contributed by atoms with Crippen molar-refractivity contribution in [3.63, 3.8) is 0 Å². The molecule has 1 aliphatic rings. The van der Waals surface area contributed by atoms with Crippen molar-refractivity contribution in [1.82, 2.24) is 9.80 Å². The lowest BCUT2D eigenvalue weighted by Crippen LogP contribution is -2.45. The van der Waals surface area contributed by atoms with Crippen LogP contribution in [0.2, 0.25) is 0 Å². The molecule has 1 fully saturated rings. The van der Waals surface area contributed by atoms with Gasteiger partial charge in [-0.15, -0.1) is 0 Å². The lowest BCUT2D eigenvalue weighted by Gasteiger charge is -2.32. The molecule has 22 heavy (non-hydrogen) atoms. The van der Waals surface area contributed by atoms with Crippen molar-refractivity contribution in [2.75, 3.05) is 19.6 Å². The van der Waals surface area contributed by atoms with Gasteiger partial charge >= 0.3 is 6.09 Å². The zero-order chi connectivity index (χ0) is 17.1. The highest BCUT2D eigenvalue weighted by Gasteiger charge is 2.32. The summed E-state index contributed by atoms with van der Waals surface area (Å²) in [5.74, 6) is 0.258. The molecule has 0 aromatic heterocycles. The van der Waals surface area contributed by atoms with E-state index in [2.05, 4.69) is 0 Å². The Hall–Kier alpha value is -1.30. The van der Waals surface area contributed by atoms with Crippen molar-refractivity contribution >= 4 is 12.0 Å². The number of amides is 2. The Labute approximate surface area is 134 Å². The molecule has 0 bridgehead atoms. The number of carbonyl (C=O) groups excluding carboxylic acids is 2. The molecule has 0 saturated carbocycles. The van der Waals surface area contributed by atoms with Gasteiger partial charge in [-0.3, -0.25) is 4.79 Å². The number of rotatable bonds is 4. The predicted molar refractivity (Wildman–Crippen MR) is 86.4 cm³/mol. The number of carbonyl (C=O) groups is 2. The monoisotopic (exact) mass is 313 g/mol. The smallest absolute Gasteiger partial charge is 0.410 e. The first-order valence-corrected chi connectivity index (χ1v) is 8.05. The summed E-state index contributed by atoms with van der Waals surface area (Å²) in [5, 5.41) is 0. The predicted octanol–water partition coefficient (Wildman–Crippen LogP) is 1.83. The maximum atomic E-state index is 12.3. The number of nitrogens with two attached hydrogens (primary N) is 1. The van der Waals surface area contributed by atoms with Gasteiger partial charge in [0, 0.05) is 25.7 Å². The topological polar surface area (TPSA) is 75.9 Å². The number of hydrogen-bond acceptors (Lipinski definition) is 4. The molecule has 2 N–H and O–H groups in total. The van der Waals surface area contributed by atoms with Crippen molar-refractivity contribution in [3.8, 4) is 0 Å². The molecule has 0 aromatic rings. The highest BCUT2D eigenvalue weighted by atomic mass is 16.6. The van der Waals surface area contributed by atoms with Gasteiger partial charge < -0.3 is 20.3 Å². The summed E-state index contributed by atoms with van der Waals surface area (Å²) in [4.78, 5) is 27.8. The third-order valence-electron chi connectivity index (χ3n) is 3.69. The molecule has 1 heterocycles. The Morgan fingerprint density at radius 1 is 1.32 bits per heavy atom. The summed E-state index contributed by atoms with van der Waals surface area (Å²) in [5.41, 5.74) is 5.15. The highest BCUT2D eigenvalue weighted by molar-refractivity contribution is 5.81. The van der Waals surface area contributed by atoms with Crippen molar-refractivity contribution in [1.29, 1.82) is 0 Å². The Balaban J connectivity index is 2.62. The van der Waals surface area contributed by atoms with E-state index >= 15 is 0 Å². The molecule has 1 aliphatic heterocycles. The molecular formula is C16H31N3O3. The first kappa shape index (κ1) is 18.7. The van der Waals surface area contributed by atoms with E-state index < -0.39 is 11.6 Å². The van der Waals surface area contributed by atoms with Gasteiger partial charge in [0.05, 0.1) is 6.04 Å². The average molecular weight is 313 g/mol. The Morgan fingerprint density at radius 3 is 2.36 bits per heavy atom. The first-order chi connectivity index (χ1) is 10.0. The van der Waals surface area contributed by atoms with Gasteiger partial charge in [-0.05, 0) is 53.9 Å². The normalized spacial score (nSPS) is 20.2. The minimum absolute atomic E-state index is 0.0177. The van der Waals surface area contributed by atoms with E-state index in [1.54, 1.807) is 16.7 Å². The molecule has 0 radical (unpaired) electrons. The summed E-state index contributed by atoms with van der Waals surface area (Å²) in [6.45, 7) is 13.2. The molecule has 2 atom stereocenters. The number of hydrogen-bond donors (Lipinski definition) is 1. The van der Waals surface area contributed by atoms with Crippen LogP contribution in [0.15, 0.2) is 0 Å². The summed E-state index contributed by atoms with van der Waals surface area (Å²) < 4.78 is 5.47. The minimum atomic E-state index is -0.503. The Kier molecular flexibility index (Phi) is 6.23. The first-order valence-electron chi connectivity index (χ1n) is 8.05. The Morgan fingerprint density at radius 2 is 1.91 bits per heavy atom. The molecule has 1 rings (SSSR count). The molecule has 6 heteroatoms. The maximum Gasteiger partial charge on any atom is 0.410 e. The maximum absolute atomic E-state index is 12.3. The van der Waals surface area contributed by atoms with E-state index in [0.717, 1.165) is 6.42 Å². The average Bonchev–Trinajstić information content (AvgIpc) is 2.80. The van der Waals surface area contributed by atoms with Gasteiger partial charge in [0.1, 0.15) is 5.60 Å². The molecule has 0 aliphatic carbocycles. The van der Waals surface area contributed by atoms with E-state index in [-0.39, 0.29) is 24.0 Å². The second-order valence-corrected chi connectivity index (χ2v) is 7.45. The van der Waals surface area contributed by atoms with Crippen molar-refractivity contribution in [2.45, 2.75) is 65.6 Å². The molecule has 1 saturated heterocycles. The van der Waals surface area contributed by atoms with Crippen LogP contribution in [0.5, 0.6) is 0 Å². The molecule has 2 unspecified atom stereocenters. The SMILES string of the molecule is CC(N)C(=O)N1CCC(CN(C(=O)OC(C)(C)C)C(C)C)C1. The lowest BCUT2D eigenvalue weighted by molar-refractivity contribution is -0.131. The van der Waals surface area contributed by atoms with Gasteiger partial charge in [0.2, 0.25) is 5.91 Å². The van der Waals surface area contributed by atoms with E-state index in [4.69, 9.17) is 10.5 Å². The van der Waals surface area contributed by atoms with Gasteiger partial charge in [-0.2, -0.15) is 0 Å². The zero-order valence-electron chi connectivity index (χ0n) is 14.8. The van der Waals surface area contributed by atoms with Crippen LogP contribution in [0.1, 0.15) is 48.0 Å². The Bertz CT molecular complexity index is 402. The summed E-state index contributed by atoms with van der Waals surface area (Å²) in [7, 11) is 0. The largest absolute Gasteiger partial charge is 0.444 e. The highest BCUT2D eigenvalue weighted by Crippen LogP contribution is 2.21. The van der Waals surface area contributed by atoms with Crippen LogP contribution >= 0.6 is 0 Å². The summed E-state index contributed by atoms with van der Waals surface area (Å²) in [6.07, 6.45) is 0.601. The van der Waals surface area contributed by atoms with Gasteiger partial charge in [0.15, 0.2) is 0 Å². The summed E-state index contributed by atoms with van der Waals surface area (Å²) in [6, 6.07) is -0.404. The standard InChI is InChI=1S/C16H31N3O3/c1-11(2)19(15(21)22-16(4,5)6)10-13-7-8-18(9-13)14(20)12(3)17/h11-13H,7-10,17H2,1-6H3. The van der Waals surface area contributed by atoms with Crippen molar-refractivity contribution in [2.24, 2.45) is 11.7 Å².